The standard InChI is InChI=1S/C18H12ClI2NO3S/c1-22-17(23)15(26-18(22)24)8-11-6-13(20)16(14(21)7-11)25-9-10-2-4-12(19)5-3-10/h2-8H,9H2,1H3/b15-8-. The number of benzene rings is 2. The number of carbonyl (C=O) groups is 2. The average Bonchev–Trinajstić information content (AvgIpc) is 2.83. The zero-order valence-electron chi connectivity index (χ0n) is 13.5. The molecule has 0 aromatic heterocycles. The van der Waals surface area contributed by atoms with Gasteiger partial charge in [0.25, 0.3) is 11.1 Å². The second kappa shape index (κ2) is 8.49. The van der Waals surface area contributed by atoms with Crippen molar-refractivity contribution in [3.05, 3.63) is 64.6 Å². The average molecular weight is 612 g/mol. The Labute approximate surface area is 187 Å². The van der Waals surface area contributed by atoms with E-state index in [1.165, 1.54) is 7.05 Å². The zero-order valence-corrected chi connectivity index (χ0v) is 19.4. The predicted octanol–water partition coefficient (Wildman–Crippen LogP) is 5.79. The van der Waals surface area contributed by atoms with Gasteiger partial charge in [0.2, 0.25) is 0 Å². The molecule has 0 atom stereocenters. The summed E-state index contributed by atoms with van der Waals surface area (Å²) >= 11 is 11.3. The molecule has 1 saturated heterocycles. The van der Waals surface area contributed by atoms with Crippen LogP contribution in [0.1, 0.15) is 11.1 Å². The van der Waals surface area contributed by atoms with Gasteiger partial charge in [0.15, 0.2) is 0 Å². The van der Waals surface area contributed by atoms with Crippen molar-refractivity contribution in [1.82, 2.24) is 4.90 Å². The number of imide groups is 1. The first-order chi connectivity index (χ1) is 12.3. The van der Waals surface area contributed by atoms with Crippen LogP contribution >= 0.6 is 68.5 Å². The lowest BCUT2D eigenvalue weighted by molar-refractivity contribution is -0.121. The molecule has 2 aromatic carbocycles. The van der Waals surface area contributed by atoms with Gasteiger partial charge in [0.1, 0.15) is 12.4 Å². The third-order valence-electron chi connectivity index (χ3n) is 3.60. The topological polar surface area (TPSA) is 46.6 Å². The van der Waals surface area contributed by atoms with Gasteiger partial charge in [-0.3, -0.25) is 14.5 Å². The van der Waals surface area contributed by atoms with Crippen LogP contribution in [0.4, 0.5) is 4.79 Å². The minimum absolute atomic E-state index is 0.256. The van der Waals surface area contributed by atoms with Crippen molar-refractivity contribution in [2.45, 2.75) is 6.61 Å². The van der Waals surface area contributed by atoms with Crippen LogP contribution in [-0.4, -0.2) is 23.1 Å². The molecule has 134 valence electrons. The Morgan fingerprint density at radius 2 is 1.77 bits per heavy atom. The zero-order chi connectivity index (χ0) is 18.8. The number of nitrogens with zero attached hydrogens (tertiary/aromatic N) is 1. The lowest BCUT2D eigenvalue weighted by Crippen LogP contribution is -2.22. The summed E-state index contributed by atoms with van der Waals surface area (Å²) in [6, 6.07) is 11.4. The van der Waals surface area contributed by atoms with Crippen LogP contribution in [0, 0.1) is 7.14 Å². The van der Waals surface area contributed by atoms with Crippen LogP contribution in [0.3, 0.4) is 0 Å². The van der Waals surface area contributed by atoms with E-state index in [1.54, 1.807) is 6.08 Å². The summed E-state index contributed by atoms with van der Waals surface area (Å²) in [6.45, 7) is 0.442. The number of thioether (sulfide) groups is 1. The Kier molecular flexibility index (Phi) is 6.52. The second-order valence-electron chi connectivity index (χ2n) is 5.47. The molecule has 0 bridgehead atoms. The molecule has 1 fully saturated rings. The first-order valence-corrected chi connectivity index (χ1v) is 10.8. The van der Waals surface area contributed by atoms with Gasteiger partial charge < -0.3 is 4.74 Å². The summed E-state index contributed by atoms with van der Waals surface area (Å²) in [5, 5.41) is 0.437. The third-order valence-corrected chi connectivity index (χ3v) is 6.42. The summed E-state index contributed by atoms with van der Waals surface area (Å²) in [6.07, 6.45) is 1.74. The Bertz CT molecular complexity index is 892. The van der Waals surface area contributed by atoms with Crippen LogP contribution < -0.4 is 4.74 Å². The van der Waals surface area contributed by atoms with E-state index in [4.69, 9.17) is 16.3 Å². The van der Waals surface area contributed by atoms with Gasteiger partial charge in [-0.1, -0.05) is 23.7 Å². The molecule has 0 N–H and O–H groups in total. The lowest BCUT2D eigenvalue weighted by atomic mass is 10.2. The van der Waals surface area contributed by atoms with E-state index in [0.717, 1.165) is 40.7 Å². The SMILES string of the molecule is CN1C(=O)S/C(=C\c2cc(I)c(OCc3ccc(Cl)cc3)c(I)c2)C1=O. The molecule has 4 nitrogen and oxygen atoms in total. The van der Waals surface area contributed by atoms with Crippen molar-refractivity contribution < 1.29 is 14.3 Å². The van der Waals surface area contributed by atoms with Crippen molar-refractivity contribution >= 4 is 85.8 Å². The van der Waals surface area contributed by atoms with Crippen LogP contribution in [0.5, 0.6) is 5.75 Å². The van der Waals surface area contributed by atoms with Crippen LogP contribution in [0.25, 0.3) is 6.08 Å². The molecule has 1 aliphatic rings. The summed E-state index contributed by atoms with van der Waals surface area (Å²) in [7, 11) is 1.49. The Balaban J connectivity index is 1.79. The summed E-state index contributed by atoms with van der Waals surface area (Å²) < 4.78 is 7.83. The minimum Gasteiger partial charge on any atom is -0.487 e. The van der Waals surface area contributed by atoms with E-state index >= 15 is 0 Å². The maximum Gasteiger partial charge on any atom is 0.293 e. The van der Waals surface area contributed by atoms with Gasteiger partial charge >= 0.3 is 0 Å². The molecule has 1 aliphatic heterocycles. The molecule has 3 rings (SSSR count). The van der Waals surface area contributed by atoms with E-state index in [-0.39, 0.29) is 11.1 Å². The fourth-order valence-corrected chi connectivity index (χ4v) is 5.31. The van der Waals surface area contributed by atoms with Gasteiger partial charge in [0, 0.05) is 12.1 Å². The largest absolute Gasteiger partial charge is 0.487 e. The van der Waals surface area contributed by atoms with Crippen LogP contribution in [-0.2, 0) is 11.4 Å². The molecule has 0 spiro atoms. The summed E-state index contributed by atoms with van der Waals surface area (Å²) in [4.78, 5) is 25.2. The normalized spacial score (nSPS) is 15.8. The molecule has 0 saturated carbocycles. The summed E-state index contributed by atoms with van der Waals surface area (Å²) in [5.74, 6) is 0.523. The van der Waals surface area contributed by atoms with E-state index in [2.05, 4.69) is 45.2 Å². The van der Waals surface area contributed by atoms with Gasteiger partial charge in [-0.2, -0.15) is 0 Å². The highest BCUT2D eigenvalue weighted by Gasteiger charge is 2.31. The molecule has 2 aromatic rings. The fraction of sp³-hybridized carbons (Fsp3) is 0.111. The molecule has 8 heteroatoms. The van der Waals surface area contributed by atoms with E-state index < -0.39 is 0 Å². The third kappa shape index (κ3) is 4.55. The van der Waals surface area contributed by atoms with E-state index in [1.807, 2.05) is 36.4 Å². The Morgan fingerprint density at radius 1 is 1.15 bits per heavy atom. The first-order valence-electron chi connectivity index (χ1n) is 7.43. The van der Waals surface area contributed by atoms with Gasteiger partial charge in [0.05, 0.1) is 12.0 Å². The minimum atomic E-state index is -0.270. The second-order valence-corrected chi connectivity index (χ2v) is 9.22. The highest BCUT2D eigenvalue weighted by atomic mass is 127. The number of likely N-dealkylation sites (N-methyl/N-ethyl adjacent to an activating group) is 1. The Hall–Kier alpha value is -0.780. The van der Waals surface area contributed by atoms with Crippen LogP contribution in [0.15, 0.2) is 41.3 Å². The maximum atomic E-state index is 12.0. The molecule has 26 heavy (non-hydrogen) atoms. The van der Waals surface area contributed by atoms with Gasteiger partial charge in [-0.25, -0.2) is 0 Å². The smallest absolute Gasteiger partial charge is 0.293 e. The molecular weight excluding hydrogens is 600 g/mol. The predicted molar refractivity (Wildman–Crippen MR) is 121 cm³/mol. The van der Waals surface area contributed by atoms with Crippen molar-refractivity contribution in [2.24, 2.45) is 0 Å². The van der Waals surface area contributed by atoms with Crippen molar-refractivity contribution in [3.8, 4) is 5.75 Å². The molecule has 1 heterocycles. The molecule has 2 amide bonds. The van der Waals surface area contributed by atoms with Gasteiger partial charge in [-0.05, 0) is 98.4 Å². The van der Waals surface area contributed by atoms with Crippen LogP contribution in [0.2, 0.25) is 5.02 Å². The number of halogens is 3. The number of hydrogen-bond donors (Lipinski definition) is 0. The van der Waals surface area contributed by atoms with Gasteiger partial charge in [-0.15, -0.1) is 0 Å². The number of carbonyl (C=O) groups excluding carboxylic acids is 2. The van der Waals surface area contributed by atoms with E-state index in [0.29, 0.717) is 16.5 Å². The molecule has 0 unspecified atom stereocenters. The number of amides is 2. The van der Waals surface area contributed by atoms with Crippen molar-refractivity contribution in [3.63, 3.8) is 0 Å². The molecular formula is C18H12ClI2NO3S. The number of hydrogen-bond acceptors (Lipinski definition) is 4. The monoisotopic (exact) mass is 611 g/mol. The molecule has 0 radical (unpaired) electrons. The number of ether oxygens (including phenoxy) is 1. The van der Waals surface area contributed by atoms with E-state index in [9.17, 15) is 9.59 Å². The maximum absolute atomic E-state index is 12.0. The summed E-state index contributed by atoms with van der Waals surface area (Å²) in [5.41, 5.74) is 1.89. The quantitative estimate of drug-likeness (QED) is 0.324. The molecule has 0 aliphatic carbocycles. The number of rotatable bonds is 4. The highest BCUT2D eigenvalue weighted by molar-refractivity contribution is 14.1. The lowest BCUT2D eigenvalue weighted by Gasteiger charge is -2.12. The first kappa shape index (κ1) is 20.0. The Morgan fingerprint density at radius 3 is 2.31 bits per heavy atom. The highest BCUT2D eigenvalue weighted by Crippen LogP contribution is 2.34. The fourth-order valence-electron chi connectivity index (χ4n) is 2.23. The van der Waals surface area contributed by atoms with Crippen molar-refractivity contribution in [1.29, 1.82) is 0 Å². The van der Waals surface area contributed by atoms with Crippen molar-refractivity contribution in [2.75, 3.05) is 7.05 Å².